The fourth-order valence-electron chi connectivity index (χ4n) is 1.40. The van der Waals surface area contributed by atoms with Crippen molar-refractivity contribution in [3.63, 3.8) is 0 Å². The van der Waals surface area contributed by atoms with Gasteiger partial charge in [0, 0.05) is 0 Å². The van der Waals surface area contributed by atoms with Crippen LogP contribution in [0.1, 0.15) is 13.8 Å². The van der Waals surface area contributed by atoms with Crippen LogP contribution in [-0.2, 0) is 4.79 Å². The summed E-state index contributed by atoms with van der Waals surface area (Å²) in [5, 5.41) is 13.5. The van der Waals surface area contributed by atoms with E-state index in [0.717, 1.165) is 0 Å². The highest BCUT2D eigenvalue weighted by Gasteiger charge is 2.22. The molecule has 0 saturated carbocycles. The minimum atomic E-state index is -0.559. The number of halogens is 1. The lowest BCUT2D eigenvalue weighted by molar-refractivity contribution is -0.384. The number of carbonyl (C=O) groups is 1. The van der Waals surface area contributed by atoms with Gasteiger partial charge in [-0.1, -0.05) is 29.8 Å². The van der Waals surface area contributed by atoms with Crippen molar-refractivity contribution in [1.82, 2.24) is 0 Å². The summed E-state index contributed by atoms with van der Waals surface area (Å²) < 4.78 is 4.92. The van der Waals surface area contributed by atoms with Crippen LogP contribution in [0.3, 0.4) is 0 Å². The molecule has 1 N–H and O–H groups in total. The van der Waals surface area contributed by atoms with E-state index in [1.54, 1.807) is 6.07 Å². The normalized spacial score (nSPS) is 12.1. The van der Waals surface area contributed by atoms with E-state index >= 15 is 0 Å². The number of hydrogen-bond donors (Lipinski definition) is 1. The van der Waals surface area contributed by atoms with E-state index in [2.05, 4.69) is 21.2 Å². The standard InChI is InChI=1S/C12H15BrN2O4/c1-7(2)11(13)12(16)14-9-5-4-8(19-3)6-10(9)15(17)18/h4-7,11H,1-3H3,(H,14,16). The number of nitrogens with zero attached hydrogens (tertiary/aromatic N) is 1. The number of amides is 1. The van der Waals surface area contributed by atoms with Gasteiger partial charge in [-0.2, -0.15) is 0 Å². The van der Waals surface area contributed by atoms with E-state index < -0.39 is 9.75 Å². The van der Waals surface area contributed by atoms with Gasteiger partial charge in [0.05, 0.1) is 22.9 Å². The van der Waals surface area contributed by atoms with Gasteiger partial charge in [0.2, 0.25) is 5.91 Å². The molecule has 1 amide bonds. The molecule has 0 aromatic heterocycles. The van der Waals surface area contributed by atoms with Crippen molar-refractivity contribution in [2.75, 3.05) is 12.4 Å². The van der Waals surface area contributed by atoms with Crippen molar-refractivity contribution in [2.24, 2.45) is 5.92 Å². The Bertz CT molecular complexity index is 491. The molecule has 0 radical (unpaired) electrons. The number of hydrogen-bond acceptors (Lipinski definition) is 4. The Morgan fingerprint density at radius 1 is 1.47 bits per heavy atom. The number of benzene rings is 1. The first-order valence-corrected chi connectivity index (χ1v) is 6.55. The van der Waals surface area contributed by atoms with Crippen LogP contribution in [0.5, 0.6) is 5.75 Å². The average molecular weight is 331 g/mol. The molecule has 1 aromatic rings. The Hall–Kier alpha value is -1.63. The number of ether oxygens (including phenoxy) is 1. The number of nitro groups is 1. The van der Waals surface area contributed by atoms with Crippen LogP contribution in [0.15, 0.2) is 18.2 Å². The summed E-state index contributed by atoms with van der Waals surface area (Å²) >= 11 is 3.25. The molecule has 1 aromatic carbocycles. The Kier molecular flexibility index (Phi) is 5.29. The van der Waals surface area contributed by atoms with Crippen LogP contribution >= 0.6 is 15.9 Å². The summed E-state index contributed by atoms with van der Waals surface area (Å²) in [4.78, 5) is 21.9. The number of nitro benzene ring substituents is 1. The second kappa shape index (κ2) is 6.51. The van der Waals surface area contributed by atoms with Crippen molar-refractivity contribution in [2.45, 2.75) is 18.7 Å². The van der Waals surface area contributed by atoms with Crippen LogP contribution in [0, 0.1) is 16.0 Å². The lowest BCUT2D eigenvalue weighted by Crippen LogP contribution is -2.27. The van der Waals surface area contributed by atoms with Crippen LogP contribution in [-0.4, -0.2) is 22.8 Å². The number of anilines is 1. The van der Waals surface area contributed by atoms with Gasteiger partial charge in [-0.05, 0) is 18.1 Å². The third-order valence-electron chi connectivity index (χ3n) is 2.50. The van der Waals surface area contributed by atoms with Gasteiger partial charge in [0.25, 0.3) is 5.69 Å². The molecule has 19 heavy (non-hydrogen) atoms. The zero-order valence-corrected chi connectivity index (χ0v) is 12.4. The Morgan fingerprint density at radius 2 is 2.11 bits per heavy atom. The average Bonchev–Trinajstić information content (AvgIpc) is 2.37. The zero-order chi connectivity index (χ0) is 14.6. The number of nitrogens with one attached hydrogen (secondary N) is 1. The Balaban J connectivity index is 3.01. The molecule has 0 aliphatic heterocycles. The molecule has 0 heterocycles. The highest BCUT2D eigenvalue weighted by molar-refractivity contribution is 9.10. The van der Waals surface area contributed by atoms with E-state index in [9.17, 15) is 14.9 Å². The first-order chi connectivity index (χ1) is 8.86. The molecule has 1 rings (SSSR count). The van der Waals surface area contributed by atoms with Crippen LogP contribution < -0.4 is 10.1 Å². The molecule has 1 unspecified atom stereocenters. The van der Waals surface area contributed by atoms with E-state index in [1.165, 1.54) is 19.2 Å². The van der Waals surface area contributed by atoms with Gasteiger partial charge >= 0.3 is 0 Å². The summed E-state index contributed by atoms with van der Waals surface area (Å²) in [5.41, 5.74) is -0.0444. The minimum Gasteiger partial charge on any atom is -0.496 e. The second-order valence-corrected chi connectivity index (χ2v) is 5.26. The molecular weight excluding hydrogens is 316 g/mol. The topological polar surface area (TPSA) is 81.5 Å². The first-order valence-electron chi connectivity index (χ1n) is 5.64. The molecule has 0 fully saturated rings. The highest BCUT2D eigenvalue weighted by Crippen LogP contribution is 2.29. The maximum Gasteiger partial charge on any atom is 0.296 e. The van der Waals surface area contributed by atoms with Crippen molar-refractivity contribution in [3.8, 4) is 5.75 Å². The van der Waals surface area contributed by atoms with Gasteiger partial charge in [-0.3, -0.25) is 14.9 Å². The van der Waals surface area contributed by atoms with Gasteiger partial charge in [-0.15, -0.1) is 0 Å². The number of methoxy groups -OCH3 is 1. The third kappa shape index (κ3) is 3.92. The molecule has 0 spiro atoms. The van der Waals surface area contributed by atoms with E-state index in [4.69, 9.17) is 4.74 Å². The summed E-state index contributed by atoms with van der Waals surface area (Å²) in [6.45, 7) is 3.75. The zero-order valence-electron chi connectivity index (χ0n) is 10.8. The van der Waals surface area contributed by atoms with Gasteiger partial charge < -0.3 is 10.1 Å². The van der Waals surface area contributed by atoms with Crippen LogP contribution in [0.2, 0.25) is 0 Å². The van der Waals surface area contributed by atoms with Crippen molar-refractivity contribution >= 4 is 33.2 Å². The van der Waals surface area contributed by atoms with Crippen molar-refractivity contribution in [1.29, 1.82) is 0 Å². The maximum absolute atomic E-state index is 11.9. The summed E-state index contributed by atoms with van der Waals surface area (Å²) in [7, 11) is 1.42. The third-order valence-corrected chi connectivity index (χ3v) is 3.97. The maximum atomic E-state index is 11.9. The van der Waals surface area contributed by atoms with Crippen LogP contribution in [0.25, 0.3) is 0 Å². The molecule has 6 nitrogen and oxygen atoms in total. The molecule has 0 aliphatic rings. The summed E-state index contributed by atoms with van der Waals surface area (Å²) in [5.74, 6) is 0.129. The molecular formula is C12H15BrN2O4. The number of alkyl halides is 1. The van der Waals surface area contributed by atoms with Crippen LogP contribution in [0.4, 0.5) is 11.4 Å². The van der Waals surface area contributed by atoms with E-state index in [0.29, 0.717) is 5.75 Å². The summed E-state index contributed by atoms with van der Waals surface area (Å²) in [6.07, 6.45) is 0. The van der Waals surface area contributed by atoms with Gasteiger partial charge in [0.15, 0.2) is 0 Å². The monoisotopic (exact) mass is 330 g/mol. The SMILES string of the molecule is COc1ccc(NC(=O)C(Br)C(C)C)c([N+](=O)[O-])c1. The lowest BCUT2D eigenvalue weighted by atomic mass is 10.1. The van der Waals surface area contributed by atoms with Crippen molar-refractivity contribution < 1.29 is 14.5 Å². The lowest BCUT2D eigenvalue weighted by Gasteiger charge is -2.14. The highest BCUT2D eigenvalue weighted by atomic mass is 79.9. The first kappa shape index (κ1) is 15.4. The molecule has 0 saturated heterocycles. The predicted molar refractivity (Wildman–Crippen MR) is 75.8 cm³/mol. The van der Waals surface area contributed by atoms with Gasteiger partial charge in [-0.25, -0.2) is 0 Å². The fourth-order valence-corrected chi connectivity index (χ4v) is 1.51. The number of rotatable bonds is 5. The fraction of sp³-hybridized carbons (Fsp3) is 0.417. The molecule has 7 heteroatoms. The Labute approximate surface area is 119 Å². The molecule has 0 bridgehead atoms. The largest absolute Gasteiger partial charge is 0.496 e. The quantitative estimate of drug-likeness (QED) is 0.511. The molecule has 1 atom stereocenters. The predicted octanol–water partition coefficient (Wildman–Crippen LogP) is 2.96. The van der Waals surface area contributed by atoms with Crippen molar-refractivity contribution in [3.05, 3.63) is 28.3 Å². The summed E-state index contributed by atoms with van der Waals surface area (Å²) in [6, 6.07) is 4.28. The second-order valence-electron chi connectivity index (χ2n) is 4.28. The smallest absolute Gasteiger partial charge is 0.296 e. The Morgan fingerprint density at radius 3 is 2.58 bits per heavy atom. The van der Waals surface area contributed by atoms with Gasteiger partial charge in [0.1, 0.15) is 11.4 Å². The molecule has 104 valence electrons. The number of carbonyl (C=O) groups excluding carboxylic acids is 1. The minimum absolute atomic E-state index is 0.0808. The van der Waals surface area contributed by atoms with E-state index in [1.807, 2.05) is 13.8 Å². The molecule has 0 aliphatic carbocycles. The van der Waals surface area contributed by atoms with E-state index in [-0.39, 0.29) is 23.2 Å².